The fraction of sp³-hybridized carbons (Fsp3) is 0.286. The van der Waals surface area contributed by atoms with Gasteiger partial charge in [-0.1, -0.05) is 0 Å². The van der Waals surface area contributed by atoms with Crippen LogP contribution in [0.2, 0.25) is 0 Å². The maximum atomic E-state index is 13.0. The summed E-state index contributed by atoms with van der Waals surface area (Å²) in [5.74, 6) is -0.588. The highest BCUT2D eigenvalue weighted by atomic mass is 16.6. The van der Waals surface area contributed by atoms with Gasteiger partial charge in [-0.2, -0.15) is 0 Å². The number of hydrogen-bond acceptors (Lipinski definition) is 7. The van der Waals surface area contributed by atoms with Gasteiger partial charge in [-0.05, 0) is 73.0 Å². The van der Waals surface area contributed by atoms with Crippen molar-refractivity contribution >= 4 is 23.2 Å². The van der Waals surface area contributed by atoms with Crippen molar-refractivity contribution in [2.45, 2.75) is 32.7 Å². The molecule has 11 nitrogen and oxygen atoms in total. The van der Waals surface area contributed by atoms with Gasteiger partial charge in [-0.25, -0.2) is 4.68 Å². The van der Waals surface area contributed by atoms with Crippen LogP contribution in [0.4, 0.5) is 11.4 Å². The lowest BCUT2D eigenvalue weighted by molar-refractivity contribution is -0.385. The van der Waals surface area contributed by atoms with Crippen molar-refractivity contribution in [1.29, 1.82) is 0 Å². The topological polar surface area (TPSA) is 136 Å². The zero-order chi connectivity index (χ0) is 22.8. The molecule has 11 heteroatoms. The molecular formula is C21H21N7O4. The Morgan fingerprint density at radius 1 is 1.16 bits per heavy atom. The lowest BCUT2D eigenvalue weighted by Crippen LogP contribution is -2.43. The average molecular weight is 435 g/mol. The van der Waals surface area contributed by atoms with Gasteiger partial charge in [-0.3, -0.25) is 19.7 Å². The van der Waals surface area contributed by atoms with Gasteiger partial charge >= 0.3 is 0 Å². The summed E-state index contributed by atoms with van der Waals surface area (Å²) in [5, 5.41) is 25.0. The summed E-state index contributed by atoms with van der Waals surface area (Å²) in [6, 6.07) is 9.01. The van der Waals surface area contributed by atoms with E-state index in [1.807, 2.05) is 13.0 Å². The van der Waals surface area contributed by atoms with E-state index in [9.17, 15) is 19.7 Å². The van der Waals surface area contributed by atoms with Gasteiger partial charge in [-0.15, -0.1) is 5.10 Å². The molecule has 1 atom stereocenters. The van der Waals surface area contributed by atoms with Crippen LogP contribution in [-0.4, -0.2) is 54.4 Å². The first-order valence-corrected chi connectivity index (χ1v) is 10.1. The number of aromatic nitrogens is 4. The number of rotatable bonds is 5. The zero-order valence-corrected chi connectivity index (χ0v) is 17.6. The van der Waals surface area contributed by atoms with Crippen molar-refractivity contribution in [3.8, 4) is 5.69 Å². The summed E-state index contributed by atoms with van der Waals surface area (Å²) in [4.78, 5) is 38.1. The molecule has 0 radical (unpaired) electrons. The number of amides is 2. The molecule has 4 rings (SSSR count). The highest BCUT2D eigenvalue weighted by Crippen LogP contribution is 2.25. The van der Waals surface area contributed by atoms with E-state index < -0.39 is 11.0 Å². The van der Waals surface area contributed by atoms with E-state index in [-0.39, 0.29) is 17.5 Å². The van der Waals surface area contributed by atoms with Crippen LogP contribution < -0.4 is 5.32 Å². The van der Waals surface area contributed by atoms with E-state index >= 15 is 0 Å². The molecule has 1 aliphatic rings. The summed E-state index contributed by atoms with van der Waals surface area (Å²) >= 11 is 0. The maximum absolute atomic E-state index is 13.0. The molecule has 0 saturated carbocycles. The number of nitrogens with one attached hydrogen (secondary N) is 1. The van der Waals surface area contributed by atoms with Crippen LogP contribution in [0.1, 0.15) is 34.3 Å². The van der Waals surface area contributed by atoms with Gasteiger partial charge < -0.3 is 10.2 Å². The Kier molecular flexibility index (Phi) is 5.63. The van der Waals surface area contributed by atoms with Gasteiger partial charge in [0.1, 0.15) is 12.4 Å². The van der Waals surface area contributed by atoms with Crippen LogP contribution in [0.5, 0.6) is 0 Å². The highest BCUT2D eigenvalue weighted by Gasteiger charge is 2.35. The number of carbonyl (C=O) groups is 2. The van der Waals surface area contributed by atoms with E-state index in [0.29, 0.717) is 36.2 Å². The molecule has 32 heavy (non-hydrogen) atoms. The Hall–Kier alpha value is -4.15. The molecule has 1 saturated heterocycles. The molecule has 1 aromatic heterocycles. The molecule has 3 aromatic rings. The van der Waals surface area contributed by atoms with Crippen molar-refractivity contribution in [2.75, 3.05) is 11.9 Å². The minimum absolute atomic E-state index is 0.0437. The predicted molar refractivity (Wildman–Crippen MR) is 114 cm³/mol. The van der Waals surface area contributed by atoms with Gasteiger partial charge in [0.25, 0.3) is 11.6 Å². The number of carbonyl (C=O) groups excluding carboxylic acids is 2. The van der Waals surface area contributed by atoms with Gasteiger partial charge in [0.2, 0.25) is 5.91 Å². The van der Waals surface area contributed by atoms with Crippen LogP contribution in [0.25, 0.3) is 5.69 Å². The summed E-state index contributed by atoms with van der Waals surface area (Å²) in [5.41, 5.74) is 2.95. The quantitative estimate of drug-likeness (QED) is 0.480. The molecule has 1 fully saturated rings. The van der Waals surface area contributed by atoms with E-state index in [4.69, 9.17) is 0 Å². The number of benzene rings is 2. The second kappa shape index (κ2) is 8.53. The third-order valence-electron chi connectivity index (χ3n) is 5.52. The van der Waals surface area contributed by atoms with Crippen LogP contribution in [0, 0.1) is 24.0 Å². The maximum Gasteiger partial charge on any atom is 0.272 e. The van der Waals surface area contributed by atoms with Crippen LogP contribution in [0.15, 0.2) is 42.7 Å². The van der Waals surface area contributed by atoms with Crippen molar-refractivity contribution < 1.29 is 14.5 Å². The Morgan fingerprint density at radius 2 is 1.97 bits per heavy atom. The molecule has 1 N–H and O–H groups in total. The molecule has 2 amide bonds. The monoisotopic (exact) mass is 435 g/mol. The number of likely N-dealkylation sites (tertiary alicyclic amines) is 1. The number of nitro benzene ring substituents is 1. The van der Waals surface area contributed by atoms with Crippen molar-refractivity contribution in [1.82, 2.24) is 25.1 Å². The second-order valence-electron chi connectivity index (χ2n) is 7.66. The zero-order valence-electron chi connectivity index (χ0n) is 17.6. The minimum atomic E-state index is -0.613. The van der Waals surface area contributed by atoms with E-state index in [2.05, 4.69) is 20.8 Å². The van der Waals surface area contributed by atoms with Crippen molar-refractivity contribution in [3.05, 3.63) is 69.5 Å². The summed E-state index contributed by atoms with van der Waals surface area (Å²) in [6.45, 7) is 3.92. The summed E-state index contributed by atoms with van der Waals surface area (Å²) in [7, 11) is 0. The minimum Gasteiger partial charge on any atom is -0.327 e. The number of aryl methyl sites for hydroxylation is 2. The van der Waals surface area contributed by atoms with Crippen LogP contribution in [-0.2, 0) is 4.79 Å². The van der Waals surface area contributed by atoms with Crippen molar-refractivity contribution in [2.24, 2.45) is 0 Å². The van der Waals surface area contributed by atoms with Gasteiger partial charge in [0.05, 0.1) is 10.6 Å². The summed E-state index contributed by atoms with van der Waals surface area (Å²) < 4.78 is 1.53. The Balaban J connectivity index is 1.49. The normalized spacial score (nSPS) is 15.6. The number of anilines is 1. The first-order valence-electron chi connectivity index (χ1n) is 10.1. The standard InChI is InChI=1S/C21H21N7O4/c1-13-10-15(5-7-18(13)28(31)32)21(30)26-9-3-4-19(26)20(29)23-16-6-8-17(14(2)11-16)27-12-22-24-25-27/h5-8,10-12,19H,3-4,9H2,1-2H3,(H,23,29). The first-order chi connectivity index (χ1) is 15.3. The van der Waals surface area contributed by atoms with E-state index in [1.165, 1.54) is 34.1 Å². The first kappa shape index (κ1) is 21.1. The largest absolute Gasteiger partial charge is 0.327 e. The third-order valence-corrected chi connectivity index (χ3v) is 5.52. The molecule has 0 aliphatic carbocycles. The van der Waals surface area contributed by atoms with Crippen molar-refractivity contribution in [3.63, 3.8) is 0 Å². The Labute approximate surface area is 183 Å². The third kappa shape index (κ3) is 4.04. The molecule has 2 aromatic carbocycles. The fourth-order valence-corrected chi connectivity index (χ4v) is 3.93. The predicted octanol–water partition coefficient (Wildman–Crippen LogP) is 2.43. The second-order valence-corrected chi connectivity index (χ2v) is 7.66. The number of tetrazole rings is 1. The fourth-order valence-electron chi connectivity index (χ4n) is 3.93. The molecule has 1 aliphatic heterocycles. The van der Waals surface area contributed by atoms with Gasteiger partial charge in [0.15, 0.2) is 0 Å². The Morgan fingerprint density at radius 3 is 2.62 bits per heavy atom. The molecular weight excluding hydrogens is 414 g/mol. The molecule has 0 spiro atoms. The van der Waals surface area contributed by atoms with Crippen LogP contribution in [0.3, 0.4) is 0 Å². The number of nitrogens with zero attached hydrogens (tertiary/aromatic N) is 6. The molecule has 1 unspecified atom stereocenters. The lowest BCUT2D eigenvalue weighted by atomic mass is 10.1. The lowest BCUT2D eigenvalue weighted by Gasteiger charge is -2.24. The molecule has 164 valence electrons. The summed E-state index contributed by atoms with van der Waals surface area (Å²) in [6.07, 6.45) is 2.74. The van der Waals surface area contributed by atoms with E-state index in [1.54, 1.807) is 19.1 Å². The number of nitro groups is 1. The molecule has 2 heterocycles. The SMILES string of the molecule is Cc1cc(NC(=O)C2CCCN2C(=O)c2ccc([N+](=O)[O-])c(C)c2)ccc1-n1cnnn1. The highest BCUT2D eigenvalue weighted by molar-refractivity contribution is 6.01. The van der Waals surface area contributed by atoms with E-state index in [0.717, 1.165) is 11.3 Å². The van der Waals surface area contributed by atoms with Gasteiger partial charge in [0, 0.05) is 29.4 Å². The Bertz CT molecular complexity index is 1190. The smallest absolute Gasteiger partial charge is 0.272 e. The average Bonchev–Trinajstić information content (AvgIpc) is 3.45. The number of hydrogen-bond donors (Lipinski definition) is 1. The van der Waals surface area contributed by atoms with Crippen LogP contribution >= 0.6 is 0 Å². The molecule has 0 bridgehead atoms.